The average Bonchev–Trinajstić information content (AvgIpc) is 2.93. The summed E-state index contributed by atoms with van der Waals surface area (Å²) in [5.41, 5.74) is 0.196. The second kappa shape index (κ2) is 15.2. The maximum absolute atomic E-state index is 13.3. The molecule has 0 aromatic heterocycles. The van der Waals surface area contributed by atoms with Gasteiger partial charge in [0.1, 0.15) is 24.4 Å². The van der Waals surface area contributed by atoms with Gasteiger partial charge < -0.3 is 35.8 Å². The normalized spacial score (nSPS) is 22.4. The van der Waals surface area contributed by atoms with Crippen molar-refractivity contribution < 1.29 is 28.7 Å². The van der Waals surface area contributed by atoms with Crippen LogP contribution in [0.5, 0.6) is 5.75 Å². The summed E-state index contributed by atoms with van der Waals surface area (Å²) in [6, 6.07) is 4.59. The highest BCUT2D eigenvalue weighted by Gasteiger charge is 2.29. The number of hydrogen-bond acceptors (Lipinski definition) is 7. The van der Waals surface area contributed by atoms with Gasteiger partial charge in [0.15, 0.2) is 0 Å². The molecule has 1 aromatic carbocycles. The van der Waals surface area contributed by atoms with Crippen LogP contribution in [0.1, 0.15) is 49.9 Å². The van der Waals surface area contributed by atoms with Crippen molar-refractivity contribution in [3.8, 4) is 5.75 Å². The van der Waals surface area contributed by atoms with E-state index < -0.39 is 35.7 Å². The van der Waals surface area contributed by atoms with E-state index in [0.29, 0.717) is 13.1 Å². The number of ether oxygens (including phenoxy) is 1. The lowest BCUT2D eigenvalue weighted by atomic mass is 10.0. The molecule has 3 rings (SSSR count). The highest BCUT2D eigenvalue weighted by Crippen LogP contribution is 2.18. The average molecular weight is 559 g/mol. The third-order valence-electron chi connectivity index (χ3n) is 7.04. The predicted molar refractivity (Wildman–Crippen MR) is 149 cm³/mol. The number of piperidine rings is 1. The van der Waals surface area contributed by atoms with Gasteiger partial charge >= 0.3 is 0 Å². The van der Waals surface area contributed by atoms with Gasteiger partial charge in [0.2, 0.25) is 23.6 Å². The zero-order valence-electron chi connectivity index (χ0n) is 23.7. The highest BCUT2D eigenvalue weighted by atomic mass is 16.5. The second-order valence-electron chi connectivity index (χ2n) is 10.6. The molecule has 0 radical (unpaired) electrons. The van der Waals surface area contributed by atoms with Gasteiger partial charge in [0.05, 0.1) is 25.1 Å². The Bertz CT molecular complexity index is 1060. The molecule has 40 heavy (non-hydrogen) atoms. The standard InChI is InChI=1S/C28H42N6O6/c1-19(2)25-28(39)30-12-16-40-22-10-6-5-9-20(22)26(37)31-21(17-24(36)33(3)18-23(35)32-25)27(38)29-11-15-34-13-7-4-8-14-34/h5-6,9-10,19,21,25H,4,7-8,11-18H2,1-3H3,(H,29,38)(H,30,39)(H,31,37)(H,32,35)/t21-,25+/m0/s1. The van der Waals surface area contributed by atoms with Crippen molar-refractivity contribution in [2.75, 3.05) is 52.9 Å². The molecular formula is C28H42N6O6. The van der Waals surface area contributed by atoms with E-state index in [9.17, 15) is 24.0 Å². The van der Waals surface area contributed by atoms with E-state index in [0.717, 1.165) is 25.9 Å². The molecule has 0 bridgehead atoms. The van der Waals surface area contributed by atoms with Crippen LogP contribution in [0.25, 0.3) is 0 Å². The smallest absolute Gasteiger partial charge is 0.255 e. The summed E-state index contributed by atoms with van der Waals surface area (Å²) >= 11 is 0. The minimum absolute atomic E-state index is 0.0798. The first kappa shape index (κ1) is 30.9. The molecule has 5 amide bonds. The zero-order chi connectivity index (χ0) is 29.1. The van der Waals surface area contributed by atoms with Crippen molar-refractivity contribution in [1.82, 2.24) is 31.1 Å². The Balaban J connectivity index is 1.79. The molecule has 1 saturated heterocycles. The van der Waals surface area contributed by atoms with Gasteiger partial charge in [-0.1, -0.05) is 32.4 Å². The summed E-state index contributed by atoms with van der Waals surface area (Å²) in [7, 11) is 1.44. The number of likely N-dealkylation sites (N-methyl/N-ethyl adjacent to an activating group) is 1. The van der Waals surface area contributed by atoms with Crippen molar-refractivity contribution in [2.45, 2.75) is 51.6 Å². The molecule has 12 heteroatoms. The number of carbonyl (C=O) groups excluding carboxylic acids is 5. The van der Waals surface area contributed by atoms with Crippen molar-refractivity contribution in [2.24, 2.45) is 5.92 Å². The lowest BCUT2D eigenvalue weighted by Crippen LogP contribution is -2.53. The van der Waals surface area contributed by atoms with Crippen molar-refractivity contribution in [1.29, 1.82) is 0 Å². The summed E-state index contributed by atoms with van der Waals surface area (Å²) < 4.78 is 5.77. The first-order valence-electron chi connectivity index (χ1n) is 14.0. The predicted octanol–water partition coefficient (Wildman–Crippen LogP) is -0.115. The first-order chi connectivity index (χ1) is 19.2. The molecule has 2 aliphatic heterocycles. The van der Waals surface area contributed by atoms with E-state index in [-0.39, 0.29) is 49.3 Å². The Morgan fingerprint density at radius 1 is 1.07 bits per heavy atom. The number of benzene rings is 1. The maximum Gasteiger partial charge on any atom is 0.255 e. The van der Waals surface area contributed by atoms with Gasteiger partial charge in [-0.2, -0.15) is 0 Å². The lowest BCUT2D eigenvalue weighted by Gasteiger charge is -2.27. The number of carbonyl (C=O) groups is 5. The van der Waals surface area contributed by atoms with Crippen LogP contribution >= 0.6 is 0 Å². The molecule has 4 N–H and O–H groups in total. The molecule has 2 heterocycles. The minimum Gasteiger partial charge on any atom is -0.491 e. The Hall–Kier alpha value is -3.67. The van der Waals surface area contributed by atoms with Gasteiger partial charge in [0, 0.05) is 20.1 Å². The van der Waals surface area contributed by atoms with Crippen LogP contribution < -0.4 is 26.0 Å². The summed E-state index contributed by atoms with van der Waals surface area (Å²) in [4.78, 5) is 68.4. The fraction of sp³-hybridized carbons (Fsp3) is 0.607. The molecule has 1 fully saturated rings. The molecule has 220 valence electrons. The first-order valence-corrected chi connectivity index (χ1v) is 14.0. The minimum atomic E-state index is -1.16. The van der Waals surface area contributed by atoms with E-state index in [4.69, 9.17) is 4.74 Å². The summed E-state index contributed by atoms with van der Waals surface area (Å²) in [5.74, 6) is -2.38. The quantitative estimate of drug-likeness (QED) is 0.394. The van der Waals surface area contributed by atoms with Gasteiger partial charge in [-0.25, -0.2) is 0 Å². The van der Waals surface area contributed by atoms with E-state index in [1.807, 2.05) is 0 Å². The fourth-order valence-electron chi connectivity index (χ4n) is 4.70. The van der Waals surface area contributed by atoms with E-state index in [2.05, 4.69) is 26.2 Å². The van der Waals surface area contributed by atoms with Crippen LogP contribution in [0.3, 0.4) is 0 Å². The summed E-state index contributed by atoms with van der Waals surface area (Å²) in [6.07, 6.45) is 3.12. The monoisotopic (exact) mass is 558 g/mol. The number of nitrogens with zero attached hydrogens (tertiary/aromatic N) is 2. The lowest BCUT2D eigenvalue weighted by molar-refractivity contribution is -0.137. The molecule has 1 aromatic rings. The third kappa shape index (κ3) is 9.22. The van der Waals surface area contributed by atoms with Crippen LogP contribution in [0, 0.1) is 5.92 Å². The van der Waals surface area contributed by atoms with Crippen molar-refractivity contribution >= 4 is 29.5 Å². The molecule has 2 atom stereocenters. The van der Waals surface area contributed by atoms with E-state index in [1.165, 1.54) is 18.4 Å². The van der Waals surface area contributed by atoms with Crippen LogP contribution in [0.4, 0.5) is 0 Å². The number of hydrogen-bond donors (Lipinski definition) is 4. The number of likely N-dealkylation sites (tertiary alicyclic amines) is 1. The Labute approximate surface area is 235 Å². The summed E-state index contributed by atoms with van der Waals surface area (Å²) in [6.45, 7) is 6.56. The molecule has 0 spiro atoms. The third-order valence-corrected chi connectivity index (χ3v) is 7.04. The number of nitrogens with one attached hydrogen (secondary N) is 4. The number of para-hydroxylation sites is 1. The van der Waals surface area contributed by atoms with Crippen molar-refractivity contribution in [3.63, 3.8) is 0 Å². The molecule has 0 aliphatic carbocycles. The molecule has 2 aliphatic rings. The van der Waals surface area contributed by atoms with Gasteiger partial charge in [-0.15, -0.1) is 0 Å². The number of fused-ring (bicyclic) bond motifs is 1. The highest BCUT2D eigenvalue weighted by molar-refractivity contribution is 6.01. The van der Waals surface area contributed by atoms with Crippen LogP contribution in [-0.2, 0) is 19.2 Å². The van der Waals surface area contributed by atoms with Gasteiger partial charge in [-0.3, -0.25) is 24.0 Å². The molecular weight excluding hydrogens is 516 g/mol. The second-order valence-corrected chi connectivity index (χ2v) is 10.6. The Morgan fingerprint density at radius 2 is 1.80 bits per heavy atom. The fourth-order valence-corrected chi connectivity index (χ4v) is 4.70. The zero-order valence-corrected chi connectivity index (χ0v) is 23.7. The Morgan fingerprint density at radius 3 is 2.52 bits per heavy atom. The number of rotatable bonds is 5. The van der Waals surface area contributed by atoms with Crippen molar-refractivity contribution in [3.05, 3.63) is 29.8 Å². The maximum atomic E-state index is 13.3. The van der Waals surface area contributed by atoms with Gasteiger partial charge in [-0.05, 0) is 44.0 Å². The van der Waals surface area contributed by atoms with E-state index >= 15 is 0 Å². The molecule has 12 nitrogen and oxygen atoms in total. The Kier molecular flexibility index (Phi) is 11.7. The molecule has 0 unspecified atom stereocenters. The topological polar surface area (TPSA) is 149 Å². The SMILES string of the molecule is CC(C)[C@H]1NC(=O)CN(C)C(=O)C[C@@H](C(=O)NCCN2CCCCC2)NC(=O)c2ccccc2OCCNC1=O. The van der Waals surface area contributed by atoms with Crippen LogP contribution in [-0.4, -0.2) is 104 Å². The number of amides is 5. The summed E-state index contributed by atoms with van der Waals surface area (Å²) in [5, 5.41) is 11.0. The van der Waals surface area contributed by atoms with Gasteiger partial charge in [0.25, 0.3) is 5.91 Å². The largest absolute Gasteiger partial charge is 0.491 e. The van der Waals surface area contributed by atoms with E-state index in [1.54, 1.807) is 38.1 Å². The molecule has 0 saturated carbocycles. The van der Waals surface area contributed by atoms with Crippen LogP contribution in [0.2, 0.25) is 0 Å². The van der Waals surface area contributed by atoms with Crippen LogP contribution in [0.15, 0.2) is 24.3 Å².